The summed E-state index contributed by atoms with van der Waals surface area (Å²) in [7, 11) is -0.865. The molecule has 0 spiro atoms. The van der Waals surface area contributed by atoms with Crippen molar-refractivity contribution in [1.29, 1.82) is 0 Å². The maximum atomic E-state index is 12.3. The molecule has 1 saturated carbocycles. The molecule has 160 valence electrons. The van der Waals surface area contributed by atoms with Crippen LogP contribution >= 0.6 is 80.5 Å². The van der Waals surface area contributed by atoms with Gasteiger partial charge < -0.3 is 4.74 Å². The molecule has 29 heavy (non-hydrogen) atoms. The van der Waals surface area contributed by atoms with Crippen molar-refractivity contribution in [2.24, 2.45) is 0 Å². The van der Waals surface area contributed by atoms with E-state index in [4.69, 9.17) is 74.3 Å². The molecule has 2 heterocycles. The van der Waals surface area contributed by atoms with Crippen LogP contribution < -0.4 is 0 Å². The standard InChI is InChI=1S/C17H17Cl6N3O2S/c18-16(19,20)14-24-13(25-15(26-14)17(21,22)23)10-6-7-29(8-10)9-12(27)28-11-4-2-1-3-5-11/h6-8,11,29H,1-5,9H2. The number of hydrogen-bond acceptors (Lipinski definition) is 5. The van der Waals surface area contributed by atoms with Crippen LogP contribution in [0.3, 0.4) is 0 Å². The first-order chi connectivity index (χ1) is 13.5. The largest absolute Gasteiger partial charge is 0.462 e. The Morgan fingerprint density at radius 2 is 1.59 bits per heavy atom. The number of alkyl halides is 6. The number of carbonyl (C=O) groups is 1. The fourth-order valence-corrected chi connectivity index (χ4v) is 5.06. The summed E-state index contributed by atoms with van der Waals surface area (Å²) in [6.45, 7) is 0. The predicted molar refractivity (Wildman–Crippen MR) is 122 cm³/mol. The van der Waals surface area contributed by atoms with E-state index >= 15 is 0 Å². The number of thiol groups is 1. The zero-order valence-corrected chi connectivity index (χ0v) is 20.4. The third kappa shape index (κ3) is 6.76. The van der Waals surface area contributed by atoms with E-state index < -0.39 is 18.5 Å². The summed E-state index contributed by atoms with van der Waals surface area (Å²) >= 11 is 35.4. The lowest BCUT2D eigenvalue weighted by Gasteiger charge is -2.22. The smallest absolute Gasteiger partial charge is 0.314 e. The van der Waals surface area contributed by atoms with E-state index in [-0.39, 0.29) is 35.3 Å². The van der Waals surface area contributed by atoms with Gasteiger partial charge in [0.05, 0.1) is 5.75 Å². The molecule has 12 heteroatoms. The topological polar surface area (TPSA) is 65.0 Å². The van der Waals surface area contributed by atoms with Crippen LogP contribution in [-0.4, -0.2) is 32.8 Å². The number of nitrogens with zero attached hydrogens (tertiary/aromatic N) is 3. The van der Waals surface area contributed by atoms with E-state index in [0.717, 1.165) is 25.7 Å². The van der Waals surface area contributed by atoms with E-state index in [0.29, 0.717) is 5.57 Å². The van der Waals surface area contributed by atoms with Gasteiger partial charge in [-0.05, 0) is 42.6 Å². The van der Waals surface area contributed by atoms with Crippen molar-refractivity contribution in [3.05, 3.63) is 34.4 Å². The highest BCUT2D eigenvalue weighted by Gasteiger charge is 2.34. The second-order valence-corrected chi connectivity index (χ2v) is 13.1. The first-order valence-electron chi connectivity index (χ1n) is 8.78. The van der Waals surface area contributed by atoms with Gasteiger partial charge in [-0.2, -0.15) is 0 Å². The first-order valence-corrected chi connectivity index (χ1v) is 12.7. The van der Waals surface area contributed by atoms with Gasteiger partial charge in [-0.1, -0.05) is 76.0 Å². The molecule has 0 aromatic carbocycles. The number of halogens is 6. The molecule has 5 nitrogen and oxygen atoms in total. The SMILES string of the molecule is O=C(C[SH]1C=CC(c2nc(C(Cl)(Cl)Cl)nc(C(Cl)(Cl)Cl)n2)=C1)OC1CCCCC1. The second-order valence-electron chi connectivity index (χ2n) is 6.62. The molecule has 2 aliphatic rings. The van der Waals surface area contributed by atoms with Gasteiger partial charge in [-0.15, -0.1) is 0 Å². The summed E-state index contributed by atoms with van der Waals surface area (Å²) in [5, 5.41) is 3.80. The zero-order valence-electron chi connectivity index (χ0n) is 14.9. The molecule has 1 atom stereocenters. The Bertz CT molecular complexity index is 799. The van der Waals surface area contributed by atoms with E-state index in [1.165, 1.54) is 6.42 Å². The summed E-state index contributed by atoms with van der Waals surface area (Å²) in [5.41, 5.74) is 0.634. The van der Waals surface area contributed by atoms with Crippen molar-refractivity contribution >= 4 is 92.0 Å². The normalized spacial score (nSPS) is 21.9. The molecule has 0 amide bonds. The maximum Gasteiger partial charge on any atom is 0.314 e. The molecule has 3 rings (SSSR count). The lowest BCUT2D eigenvalue weighted by atomic mass is 9.98. The van der Waals surface area contributed by atoms with Crippen LogP contribution in [0.2, 0.25) is 0 Å². The maximum absolute atomic E-state index is 12.3. The van der Waals surface area contributed by atoms with E-state index in [9.17, 15) is 4.79 Å². The molecule has 0 saturated heterocycles. The van der Waals surface area contributed by atoms with Gasteiger partial charge >= 0.3 is 5.97 Å². The van der Waals surface area contributed by atoms with Crippen molar-refractivity contribution in [3.63, 3.8) is 0 Å². The quantitative estimate of drug-likeness (QED) is 0.277. The first kappa shape index (κ1) is 23.7. The van der Waals surface area contributed by atoms with Gasteiger partial charge in [0.25, 0.3) is 0 Å². The van der Waals surface area contributed by atoms with Crippen LogP contribution in [-0.2, 0) is 17.1 Å². The Hall–Kier alpha value is 0.0500. The van der Waals surface area contributed by atoms with E-state index in [1.807, 2.05) is 10.8 Å². The van der Waals surface area contributed by atoms with Gasteiger partial charge in [0.2, 0.25) is 7.59 Å². The highest BCUT2D eigenvalue weighted by atomic mass is 35.6. The van der Waals surface area contributed by atoms with Crippen LogP contribution in [0.1, 0.15) is 49.6 Å². The average Bonchev–Trinajstić information content (AvgIpc) is 3.09. The lowest BCUT2D eigenvalue weighted by Crippen LogP contribution is -2.22. The Kier molecular flexibility index (Phi) is 7.91. The Balaban J connectivity index is 1.75. The predicted octanol–water partition coefficient (Wildman–Crippen LogP) is 6.27. The zero-order chi connectivity index (χ0) is 21.2. The molecule has 1 aromatic heterocycles. The van der Waals surface area contributed by atoms with Gasteiger partial charge in [-0.3, -0.25) is 4.79 Å². The molecule has 0 bridgehead atoms. The average molecular weight is 540 g/mol. The molecule has 1 aliphatic heterocycles. The molecule has 1 fully saturated rings. The van der Waals surface area contributed by atoms with Crippen LogP contribution in [0.15, 0.2) is 16.9 Å². The highest BCUT2D eigenvalue weighted by Crippen LogP contribution is 2.43. The number of hydrogen-bond donors (Lipinski definition) is 1. The summed E-state index contributed by atoms with van der Waals surface area (Å²) < 4.78 is 1.76. The van der Waals surface area contributed by atoms with Crippen LogP contribution in [0, 0.1) is 0 Å². The van der Waals surface area contributed by atoms with E-state index in [1.54, 1.807) is 6.08 Å². The Morgan fingerprint density at radius 3 is 2.14 bits per heavy atom. The lowest BCUT2D eigenvalue weighted by molar-refractivity contribution is -0.147. The molecule has 1 aromatic rings. The summed E-state index contributed by atoms with van der Waals surface area (Å²) in [5.74, 6) is -0.0348. The molecule has 1 aliphatic carbocycles. The fourth-order valence-electron chi connectivity index (χ4n) is 2.99. The summed E-state index contributed by atoms with van der Waals surface area (Å²) in [6.07, 6.45) is 7.10. The van der Waals surface area contributed by atoms with Crippen molar-refractivity contribution in [2.75, 3.05) is 5.75 Å². The second kappa shape index (κ2) is 9.68. The van der Waals surface area contributed by atoms with Crippen LogP contribution in [0.4, 0.5) is 0 Å². The van der Waals surface area contributed by atoms with Crippen molar-refractivity contribution in [3.8, 4) is 0 Å². The third-order valence-electron chi connectivity index (χ3n) is 4.31. The van der Waals surface area contributed by atoms with E-state index in [2.05, 4.69) is 15.0 Å². The molecular formula is C17H17Cl6N3O2S. The van der Waals surface area contributed by atoms with Gasteiger partial charge in [0.15, 0.2) is 17.5 Å². The number of aromatic nitrogens is 3. The summed E-state index contributed by atoms with van der Waals surface area (Å²) in [4.78, 5) is 24.6. The highest BCUT2D eigenvalue weighted by molar-refractivity contribution is 8.23. The number of allylic oxidation sites excluding steroid dienone is 2. The van der Waals surface area contributed by atoms with Gasteiger partial charge in [0, 0.05) is 5.57 Å². The minimum Gasteiger partial charge on any atom is -0.462 e. The van der Waals surface area contributed by atoms with Crippen LogP contribution in [0.25, 0.3) is 5.57 Å². The number of ether oxygens (including phenoxy) is 1. The summed E-state index contributed by atoms with van der Waals surface area (Å²) in [6, 6.07) is 0. The number of carbonyl (C=O) groups excluding carboxylic acids is 1. The minimum absolute atomic E-state index is 0.0310. The van der Waals surface area contributed by atoms with Crippen molar-refractivity contribution in [1.82, 2.24) is 15.0 Å². The van der Waals surface area contributed by atoms with Crippen molar-refractivity contribution in [2.45, 2.75) is 45.8 Å². The molecule has 0 radical (unpaired) electrons. The molecule has 0 N–H and O–H groups in total. The molecule has 1 unspecified atom stereocenters. The van der Waals surface area contributed by atoms with Crippen LogP contribution in [0.5, 0.6) is 0 Å². The number of rotatable bonds is 4. The number of esters is 1. The Morgan fingerprint density at radius 1 is 1.00 bits per heavy atom. The van der Waals surface area contributed by atoms with Gasteiger partial charge in [-0.25, -0.2) is 25.8 Å². The fraction of sp³-hybridized carbons (Fsp3) is 0.529. The van der Waals surface area contributed by atoms with Crippen molar-refractivity contribution < 1.29 is 9.53 Å². The molecular weight excluding hydrogens is 523 g/mol. The minimum atomic E-state index is -1.92. The Labute approximate surface area is 201 Å². The monoisotopic (exact) mass is 537 g/mol. The van der Waals surface area contributed by atoms with Gasteiger partial charge in [0.1, 0.15) is 6.10 Å². The third-order valence-corrected chi connectivity index (χ3v) is 7.09.